The quantitative estimate of drug-likeness (QED) is 0.681. The number of nitriles is 1. The molecule has 1 N–H and O–H groups in total. The summed E-state index contributed by atoms with van der Waals surface area (Å²) in [6.07, 6.45) is 1.84. The molecule has 0 aromatic heterocycles. The Balaban J connectivity index is 2.70. The zero-order valence-corrected chi connectivity index (χ0v) is 7.76. The van der Waals surface area contributed by atoms with Crippen molar-refractivity contribution in [2.24, 2.45) is 5.92 Å². The Morgan fingerprint density at radius 2 is 2.50 bits per heavy atom. The molecule has 0 aliphatic carbocycles. The molecule has 3 nitrogen and oxygen atoms in total. The highest BCUT2D eigenvalue weighted by Gasteiger charge is 2.38. The van der Waals surface area contributed by atoms with Crippen molar-refractivity contribution in [1.82, 2.24) is 5.32 Å². The van der Waals surface area contributed by atoms with Gasteiger partial charge in [0.15, 0.2) is 0 Å². The van der Waals surface area contributed by atoms with Gasteiger partial charge in [0, 0.05) is 12.5 Å². The Morgan fingerprint density at radius 1 is 1.75 bits per heavy atom. The maximum absolute atomic E-state index is 9.07. The Labute approximate surface area is 73.7 Å². The van der Waals surface area contributed by atoms with Crippen molar-refractivity contribution in [1.29, 1.82) is 5.26 Å². The summed E-state index contributed by atoms with van der Waals surface area (Å²) in [5.74, 6) is 0.359. The van der Waals surface area contributed by atoms with Crippen molar-refractivity contribution >= 4 is 0 Å². The lowest BCUT2D eigenvalue weighted by atomic mass is 9.82. The zero-order chi connectivity index (χ0) is 9.03. The van der Waals surface area contributed by atoms with Gasteiger partial charge in [-0.2, -0.15) is 5.26 Å². The van der Waals surface area contributed by atoms with E-state index in [1.165, 1.54) is 0 Å². The zero-order valence-electron chi connectivity index (χ0n) is 7.76. The fourth-order valence-corrected chi connectivity index (χ4v) is 1.82. The summed E-state index contributed by atoms with van der Waals surface area (Å²) in [4.78, 5) is 0. The normalized spacial score (nSPS) is 27.9. The van der Waals surface area contributed by atoms with Crippen molar-refractivity contribution in [3.63, 3.8) is 0 Å². The molecule has 2 unspecified atom stereocenters. The molecule has 3 heteroatoms. The predicted molar refractivity (Wildman–Crippen MR) is 46.6 cm³/mol. The lowest BCUT2D eigenvalue weighted by Crippen LogP contribution is -2.48. The van der Waals surface area contributed by atoms with Crippen LogP contribution in [0.2, 0.25) is 0 Å². The third kappa shape index (κ3) is 1.45. The van der Waals surface area contributed by atoms with E-state index in [1.54, 1.807) is 0 Å². The van der Waals surface area contributed by atoms with E-state index in [4.69, 9.17) is 10.00 Å². The number of ether oxygens (including phenoxy) is 1. The largest absolute Gasteiger partial charge is 0.381 e. The van der Waals surface area contributed by atoms with E-state index in [9.17, 15) is 0 Å². The van der Waals surface area contributed by atoms with Crippen molar-refractivity contribution in [2.45, 2.75) is 25.3 Å². The molecule has 1 heterocycles. The molecule has 1 aliphatic heterocycles. The molecule has 0 aromatic carbocycles. The number of hydrogen-bond donors (Lipinski definition) is 1. The molecule has 1 rings (SSSR count). The Hall–Kier alpha value is -0.590. The van der Waals surface area contributed by atoms with Gasteiger partial charge >= 0.3 is 0 Å². The van der Waals surface area contributed by atoms with Crippen molar-refractivity contribution in [2.75, 3.05) is 20.3 Å². The molecule has 1 aliphatic rings. The number of nitrogens with one attached hydrogen (secondary N) is 1. The van der Waals surface area contributed by atoms with Crippen LogP contribution in [-0.2, 0) is 4.74 Å². The fourth-order valence-electron chi connectivity index (χ4n) is 1.82. The van der Waals surface area contributed by atoms with Crippen LogP contribution in [0.4, 0.5) is 0 Å². The van der Waals surface area contributed by atoms with Crippen LogP contribution in [0.3, 0.4) is 0 Å². The standard InChI is InChI=1S/C9H16N2O/c1-3-9(7-10,11-2)8-4-5-12-6-8/h8,11H,3-6H2,1-2H3. The van der Waals surface area contributed by atoms with E-state index in [-0.39, 0.29) is 5.54 Å². The molecule has 1 fully saturated rings. The van der Waals surface area contributed by atoms with E-state index >= 15 is 0 Å². The molecule has 0 saturated carbocycles. The lowest BCUT2D eigenvalue weighted by Gasteiger charge is -2.29. The summed E-state index contributed by atoms with van der Waals surface area (Å²) in [7, 11) is 1.85. The molecule has 0 radical (unpaired) electrons. The molecule has 0 amide bonds. The highest BCUT2D eigenvalue weighted by molar-refractivity contribution is 5.10. The maximum atomic E-state index is 9.07. The second-order valence-electron chi connectivity index (χ2n) is 3.25. The molecular weight excluding hydrogens is 152 g/mol. The van der Waals surface area contributed by atoms with Crippen molar-refractivity contribution in [3.8, 4) is 6.07 Å². The van der Waals surface area contributed by atoms with Crippen LogP contribution >= 0.6 is 0 Å². The highest BCUT2D eigenvalue weighted by Crippen LogP contribution is 2.27. The predicted octanol–water partition coefficient (Wildman–Crippen LogP) is 0.915. The third-order valence-corrected chi connectivity index (χ3v) is 2.83. The summed E-state index contributed by atoms with van der Waals surface area (Å²) in [6, 6.07) is 2.37. The van der Waals surface area contributed by atoms with Gasteiger partial charge in [0.25, 0.3) is 0 Å². The summed E-state index contributed by atoms with van der Waals surface area (Å²) >= 11 is 0. The first kappa shape index (κ1) is 9.50. The Kier molecular flexibility index (Phi) is 3.07. The molecule has 12 heavy (non-hydrogen) atoms. The minimum atomic E-state index is -0.365. The second kappa shape index (κ2) is 3.88. The van der Waals surface area contributed by atoms with E-state index in [1.807, 2.05) is 14.0 Å². The third-order valence-electron chi connectivity index (χ3n) is 2.83. The van der Waals surface area contributed by atoms with Crippen molar-refractivity contribution in [3.05, 3.63) is 0 Å². The van der Waals surface area contributed by atoms with Crippen LogP contribution in [0.15, 0.2) is 0 Å². The average Bonchev–Trinajstić information content (AvgIpc) is 2.62. The average molecular weight is 168 g/mol. The van der Waals surface area contributed by atoms with Gasteiger partial charge in [0.05, 0.1) is 12.7 Å². The summed E-state index contributed by atoms with van der Waals surface area (Å²) in [6.45, 7) is 3.57. The molecule has 1 saturated heterocycles. The van der Waals surface area contributed by atoms with Gasteiger partial charge in [-0.1, -0.05) is 6.92 Å². The summed E-state index contributed by atoms with van der Waals surface area (Å²) < 4.78 is 5.28. The smallest absolute Gasteiger partial charge is 0.111 e. The second-order valence-corrected chi connectivity index (χ2v) is 3.25. The molecule has 0 spiro atoms. The van der Waals surface area contributed by atoms with Gasteiger partial charge < -0.3 is 10.1 Å². The van der Waals surface area contributed by atoms with Crippen LogP contribution in [0.1, 0.15) is 19.8 Å². The first-order valence-electron chi connectivity index (χ1n) is 4.47. The van der Waals surface area contributed by atoms with E-state index in [0.29, 0.717) is 5.92 Å². The topological polar surface area (TPSA) is 45.0 Å². The maximum Gasteiger partial charge on any atom is 0.111 e. The Bertz CT molecular complexity index is 175. The Morgan fingerprint density at radius 3 is 2.83 bits per heavy atom. The first-order chi connectivity index (χ1) is 5.79. The van der Waals surface area contributed by atoms with Crippen LogP contribution in [0.5, 0.6) is 0 Å². The first-order valence-corrected chi connectivity index (χ1v) is 4.47. The van der Waals surface area contributed by atoms with Crippen molar-refractivity contribution < 1.29 is 4.74 Å². The van der Waals surface area contributed by atoms with Gasteiger partial charge in [0.1, 0.15) is 5.54 Å². The van der Waals surface area contributed by atoms with Crippen LogP contribution in [0, 0.1) is 17.2 Å². The SMILES string of the molecule is CCC(C#N)(NC)C1CCOC1. The lowest BCUT2D eigenvalue weighted by molar-refractivity contribution is 0.165. The van der Waals surface area contributed by atoms with Gasteiger partial charge in [-0.15, -0.1) is 0 Å². The number of nitrogens with zero attached hydrogens (tertiary/aromatic N) is 1. The summed E-state index contributed by atoms with van der Waals surface area (Å²) in [5, 5.41) is 12.2. The minimum absolute atomic E-state index is 0.359. The molecule has 2 atom stereocenters. The van der Waals surface area contributed by atoms with Crippen LogP contribution in [0.25, 0.3) is 0 Å². The fraction of sp³-hybridized carbons (Fsp3) is 0.889. The molecular formula is C9H16N2O. The van der Waals surface area contributed by atoms with Gasteiger partial charge in [0.2, 0.25) is 0 Å². The van der Waals surface area contributed by atoms with E-state index in [2.05, 4.69) is 11.4 Å². The number of hydrogen-bond acceptors (Lipinski definition) is 3. The molecule has 0 bridgehead atoms. The van der Waals surface area contributed by atoms with Crippen LogP contribution in [-0.4, -0.2) is 25.8 Å². The summed E-state index contributed by atoms with van der Waals surface area (Å²) in [5.41, 5.74) is -0.365. The van der Waals surface area contributed by atoms with Gasteiger partial charge in [-0.05, 0) is 19.9 Å². The van der Waals surface area contributed by atoms with E-state index in [0.717, 1.165) is 26.1 Å². The van der Waals surface area contributed by atoms with E-state index < -0.39 is 0 Å². The van der Waals surface area contributed by atoms with Gasteiger partial charge in [-0.25, -0.2) is 0 Å². The molecule has 0 aromatic rings. The van der Waals surface area contributed by atoms with Crippen LogP contribution < -0.4 is 5.32 Å². The molecule has 68 valence electrons. The monoisotopic (exact) mass is 168 g/mol. The minimum Gasteiger partial charge on any atom is -0.381 e. The highest BCUT2D eigenvalue weighted by atomic mass is 16.5. The van der Waals surface area contributed by atoms with Gasteiger partial charge in [-0.3, -0.25) is 0 Å². The number of rotatable bonds is 3.